The molecular weight excluding hydrogens is 321 g/mol. The molecule has 0 aliphatic carbocycles. The summed E-state index contributed by atoms with van der Waals surface area (Å²) in [6.07, 6.45) is -0.0383. The first-order valence-electron chi connectivity index (χ1n) is 6.78. The fraction of sp³-hybridized carbons (Fsp3) is 0.500. The minimum atomic E-state index is -2.86. The standard InChI is InChI=1S/C14H15F3N2O2.ClH/c15-8-1-2-12-9(5-8)10(3-4-21-12)19-13(20)11-6-14(16,17)7-18-11;/h1-2,5,10-11,18H,3-4,6-7H2,(H,19,20);1H. The summed E-state index contributed by atoms with van der Waals surface area (Å²) in [5.74, 6) is -3.27. The molecule has 2 unspecified atom stereocenters. The van der Waals surface area contributed by atoms with Crippen LogP contribution in [0.4, 0.5) is 13.2 Å². The Morgan fingerprint density at radius 1 is 1.41 bits per heavy atom. The number of carbonyl (C=O) groups excluding carboxylic acids is 1. The van der Waals surface area contributed by atoms with Crippen molar-refractivity contribution in [3.8, 4) is 5.75 Å². The highest BCUT2D eigenvalue weighted by Crippen LogP contribution is 2.33. The van der Waals surface area contributed by atoms with Crippen LogP contribution >= 0.6 is 12.4 Å². The first-order chi connectivity index (χ1) is 9.94. The number of benzene rings is 1. The molecule has 2 atom stereocenters. The van der Waals surface area contributed by atoms with E-state index < -0.39 is 42.7 Å². The highest BCUT2D eigenvalue weighted by Gasteiger charge is 2.42. The number of amides is 1. The van der Waals surface area contributed by atoms with Crippen LogP contribution in [0.25, 0.3) is 0 Å². The normalized spacial score (nSPS) is 25.6. The molecule has 2 aliphatic heterocycles. The maximum atomic E-state index is 13.3. The smallest absolute Gasteiger partial charge is 0.262 e. The number of ether oxygens (including phenoxy) is 1. The molecule has 0 bridgehead atoms. The molecule has 1 amide bonds. The lowest BCUT2D eigenvalue weighted by atomic mass is 9.99. The zero-order chi connectivity index (χ0) is 15.0. The van der Waals surface area contributed by atoms with Crippen LogP contribution in [0.5, 0.6) is 5.75 Å². The number of nitrogens with one attached hydrogen (secondary N) is 2. The van der Waals surface area contributed by atoms with Crippen molar-refractivity contribution in [3.63, 3.8) is 0 Å². The predicted octanol–water partition coefficient (Wildman–Crippen LogP) is 2.18. The molecule has 0 saturated carbocycles. The monoisotopic (exact) mass is 336 g/mol. The van der Waals surface area contributed by atoms with Gasteiger partial charge in [-0.15, -0.1) is 12.4 Å². The summed E-state index contributed by atoms with van der Waals surface area (Å²) >= 11 is 0. The molecule has 2 heterocycles. The molecule has 2 N–H and O–H groups in total. The van der Waals surface area contributed by atoms with E-state index in [1.807, 2.05) is 0 Å². The average Bonchev–Trinajstić information content (AvgIpc) is 2.80. The molecule has 0 spiro atoms. The first-order valence-corrected chi connectivity index (χ1v) is 6.78. The van der Waals surface area contributed by atoms with Crippen LogP contribution < -0.4 is 15.4 Å². The summed E-state index contributed by atoms with van der Waals surface area (Å²) in [5, 5.41) is 5.20. The Hall–Kier alpha value is -1.47. The van der Waals surface area contributed by atoms with E-state index in [-0.39, 0.29) is 12.4 Å². The Kier molecular flexibility index (Phi) is 4.87. The van der Waals surface area contributed by atoms with Gasteiger partial charge in [0.25, 0.3) is 5.92 Å². The quantitative estimate of drug-likeness (QED) is 0.870. The lowest BCUT2D eigenvalue weighted by Gasteiger charge is -2.27. The van der Waals surface area contributed by atoms with Crippen LogP contribution in [-0.2, 0) is 4.79 Å². The Bertz CT molecular complexity index is 571. The molecule has 1 fully saturated rings. The van der Waals surface area contributed by atoms with Gasteiger partial charge >= 0.3 is 0 Å². The van der Waals surface area contributed by atoms with Crippen molar-refractivity contribution in [3.05, 3.63) is 29.6 Å². The predicted molar refractivity (Wildman–Crippen MR) is 76.0 cm³/mol. The van der Waals surface area contributed by atoms with Crippen LogP contribution in [0.2, 0.25) is 0 Å². The van der Waals surface area contributed by atoms with E-state index in [1.54, 1.807) is 0 Å². The second kappa shape index (κ2) is 6.34. The summed E-state index contributed by atoms with van der Waals surface area (Å²) < 4.78 is 44.9. The molecular formula is C14H16ClF3N2O2. The third kappa shape index (κ3) is 3.47. The number of hydrogen-bond donors (Lipinski definition) is 2. The molecule has 2 aliphatic rings. The van der Waals surface area contributed by atoms with E-state index in [0.717, 1.165) is 0 Å². The minimum absolute atomic E-state index is 0. The van der Waals surface area contributed by atoms with Gasteiger partial charge in [0.05, 0.1) is 25.2 Å². The second-order valence-corrected chi connectivity index (χ2v) is 5.37. The van der Waals surface area contributed by atoms with Gasteiger partial charge in [-0.25, -0.2) is 13.2 Å². The third-order valence-electron chi connectivity index (χ3n) is 3.75. The fourth-order valence-corrected chi connectivity index (χ4v) is 2.69. The van der Waals surface area contributed by atoms with E-state index in [2.05, 4.69) is 10.6 Å². The second-order valence-electron chi connectivity index (χ2n) is 5.37. The van der Waals surface area contributed by atoms with Crippen LogP contribution in [0, 0.1) is 5.82 Å². The SMILES string of the molecule is Cl.O=C(NC1CCOc2ccc(F)cc21)C1CC(F)(F)CN1. The lowest BCUT2D eigenvalue weighted by molar-refractivity contribution is -0.124. The molecule has 8 heteroatoms. The van der Waals surface area contributed by atoms with E-state index in [0.29, 0.717) is 24.3 Å². The molecule has 0 radical (unpaired) electrons. The number of rotatable bonds is 2. The first kappa shape index (κ1) is 16.9. The summed E-state index contributed by atoms with van der Waals surface area (Å²) in [6.45, 7) is -0.109. The zero-order valence-corrected chi connectivity index (χ0v) is 12.4. The van der Waals surface area contributed by atoms with Gasteiger partial charge in [-0.05, 0) is 18.2 Å². The zero-order valence-electron chi connectivity index (χ0n) is 11.6. The Morgan fingerprint density at radius 3 is 2.86 bits per heavy atom. The highest BCUT2D eigenvalue weighted by molar-refractivity contribution is 5.85. The molecule has 1 saturated heterocycles. The van der Waals surface area contributed by atoms with Crippen LogP contribution in [-0.4, -0.2) is 31.0 Å². The van der Waals surface area contributed by atoms with Gasteiger partial charge in [0.15, 0.2) is 0 Å². The van der Waals surface area contributed by atoms with Gasteiger partial charge in [-0.3, -0.25) is 10.1 Å². The fourth-order valence-electron chi connectivity index (χ4n) is 2.69. The number of hydrogen-bond acceptors (Lipinski definition) is 3. The van der Waals surface area contributed by atoms with Gasteiger partial charge in [-0.2, -0.15) is 0 Å². The molecule has 0 aromatic heterocycles. The van der Waals surface area contributed by atoms with E-state index in [1.165, 1.54) is 18.2 Å². The van der Waals surface area contributed by atoms with Crippen LogP contribution in [0.3, 0.4) is 0 Å². The Balaban J connectivity index is 0.00000176. The van der Waals surface area contributed by atoms with E-state index in [9.17, 15) is 18.0 Å². The molecule has 22 heavy (non-hydrogen) atoms. The molecule has 122 valence electrons. The lowest BCUT2D eigenvalue weighted by Crippen LogP contribution is -2.43. The van der Waals surface area contributed by atoms with Crippen molar-refractivity contribution in [2.24, 2.45) is 0 Å². The molecule has 1 aromatic carbocycles. The summed E-state index contributed by atoms with van der Waals surface area (Å²) in [6, 6.07) is 2.75. The number of fused-ring (bicyclic) bond motifs is 1. The molecule has 3 rings (SSSR count). The van der Waals surface area contributed by atoms with Crippen molar-refractivity contribution >= 4 is 18.3 Å². The van der Waals surface area contributed by atoms with Gasteiger partial charge < -0.3 is 10.1 Å². The van der Waals surface area contributed by atoms with Crippen molar-refractivity contribution in [1.82, 2.24) is 10.6 Å². The third-order valence-corrected chi connectivity index (χ3v) is 3.75. The van der Waals surface area contributed by atoms with Crippen molar-refractivity contribution in [2.45, 2.75) is 30.8 Å². The maximum Gasteiger partial charge on any atom is 0.262 e. The van der Waals surface area contributed by atoms with Gasteiger partial charge in [-0.1, -0.05) is 0 Å². The van der Waals surface area contributed by atoms with Crippen LogP contribution in [0.15, 0.2) is 18.2 Å². The van der Waals surface area contributed by atoms with E-state index >= 15 is 0 Å². The van der Waals surface area contributed by atoms with Crippen LogP contribution in [0.1, 0.15) is 24.4 Å². The van der Waals surface area contributed by atoms with Gasteiger partial charge in [0.2, 0.25) is 5.91 Å². The molecule has 4 nitrogen and oxygen atoms in total. The number of carbonyl (C=O) groups is 1. The van der Waals surface area contributed by atoms with Crippen molar-refractivity contribution < 1.29 is 22.7 Å². The molecule has 1 aromatic rings. The maximum absolute atomic E-state index is 13.3. The van der Waals surface area contributed by atoms with Gasteiger partial charge in [0.1, 0.15) is 11.6 Å². The number of halogens is 4. The summed E-state index contributed by atoms with van der Waals surface area (Å²) in [4.78, 5) is 12.1. The summed E-state index contributed by atoms with van der Waals surface area (Å²) in [5.41, 5.74) is 0.541. The number of alkyl halides is 2. The summed E-state index contributed by atoms with van der Waals surface area (Å²) in [7, 11) is 0. The highest BCUT2D eigenvalue weighted by atomic mass is 35.5. The van der Waals surface area contributed by atoms with Crippen molar-refractivity contribution in [2.75, 3.05) is 13.2 Å². The minimum Gasteiger partial charge on any atom is -0.493 e. The van der Waals surface area contributed by atoms with Gasteiger partial charge in [0, 0.05) is 18.4 Å². The van der Waals surface area contributed by atoms with Crippen molar-refractivity contribution in [1.29, 1.82) is 0 Å². The largest absolute Gasteiger partial charge is 0.493 e. The van der Waals surface area contributed by atoms with E-state index in [4.69, 9.17) is 4.74 Å². The Morgan fingerprint density at radius 2 is 2.18 bits per heavy atom. The Labute approximate surface area is 131 Å². The average molecular weight is 337 g/mol. The topological polar surface area (TPSA) is 50.4 Å².